The predicted octanol–water partition coefficient (Wildman–Crippen LogP) is 2.66. The van der Waals surface area contributed by atoms with E-state index in [0.29, 0.717) is 12.8 Å². The van der Waals surface area contributed by atoms with Crippen LogP contribution in [0.4, 0.5) is 0 Å². The first-order valence-electron chi connectivity index (χ1n) is 7.33. The number of carbonyl (C=O) groups excluding carboxylic acids is 1. The van der Waals surface area contributed by atoms with Gasteiger partial charge in [-0.1, -0.05) is 48.0 Å². The molecule has 1 unspecified atom stereocenters. The Bertz CT molecular complexity index is 777. The van der Waals surface area contributed by atoms with Gasteiger partial charge >= 0.3 is 0 Å². The second-order valence-electron chi connectivity index (χ2n) is 5.38. The highest BCUT2D eigenvalue weighted by Gasteiger charge is 2.19. The zero-order chi connectivity index (χ0) is 16.7. The molecule has 0 spiro atoms. The van der Waals surface area contributed by atoms with E-state index in [1.165, 1.54) is 6.08 Å². The van der Waals surface area contributed by atoms with Gasteiger partial charge in [-0.15, -0.1) is 0 Å². The Morgan fingerprint density at radius 1 is 1.09 bits per heavy atom. The summed E-state index contributed by atoms with van der Waals surface area (Å²) >= 11 is 0. The summed E-state index contributed by atoms with van der Waals surface area (Å²) in [7, 11) is -3.63. The fourth-order valence-corrected chi connectivity index (χ4v) is 3.52. The molecule has 0 amide bonds. The highest BCUT2D eigenvalue weighted by Crippen LogP contribution is 2.13. The Kier molecular flexibility index (Phi) is 5.88. The molecular formula is C18H19NO3S. The minimum atomic E-state index is -3.63. The number of hydrogen-bond donors (Lipinski definition) is 1. The van der Waals surface area contributed by atoms with E-state index in [1.807, 2.05) is 37.3 Å². The topological polar surface area (TPSA) is 63.2 Å². The molecule has 2 aromatic rings. The Labute approximate surface area is 136 Å². The summed E-state index contributed by atoms with van der Waals surface area (Å²) in [5.41, 5.74) is 2.00. The van der Waals surface area contributed by atoms with Gasteiger partial charge < -0.3 is 0 Å². The molecule has 120 valence electrons. The second kappa shape index (κ2) is 7.88. The van der Waals surface area contributed by atoms with Crippen LogP contribution in [0.25, 0.3) is 0 Å². The molecule has 1 N–H and O–H groups in total. The maximum atomic E-state index is 12.5. The molecule has 0 aliphatic heterocycles. The lowest BCUT2D eigenvalue weighted by atomic mass is 10.0. The molecule has 2 aromatic carbocycles. The van der Waals surface area contributed by atoms with Crippen molar-refractivity contribution in [3.63, 3.8) is 0 Å². The molecule has 1 atom stereocenters. The van der Waals surface area contributed by atoms with Crippen molar-refractivity contribution in [2.24, 2.45) is 0 Å². The van der Waals surface area contributed by atoms with Crippen LogP contribution < -0.4 is 4.72 Å². The Morgan fingerprint density at radius 2 is 1.74 bits per heavy atom. The minimum absolute atomic E-state index is 0.219. The van der Waals surface area contributed by atoms with Crippen LogP contribution in [0.5, 0.6) is 0 Å². The van der Waals surface area contributed by atoms with E-state index in [9.17, 15) is 13.2 Å². The van der Waals surface area contributed by atoms with Crippen molar-refractivity contribution in [1.82, 2.24) is 4.72 Å². The van der Waals surface area contributed by atoms with Crippen molar-refractivity contribution in [3.05, 3.63) is 71.8 Å². The van der Waals surface area contributed by atoms with E-state index >= 15 is 0 Å². The first kappa shape index (κ1) is 17.2. The fourth-order valence-electron chi connectivity index (χ4n) is 2.27. The number of benzene rings is 2. The molecule has 0 radical (unpaired) electrons. The first-order valence-corrected chi connectivity index (χ1v) is 8.82. The second-order valence-corrected chi connectivity index (χ2v) is 7.09. The highest BCUT2D eigenvalue weighted by atomic mass is 32.2. The number of hydrogen-bond acceptors (Lipinski definition) is 3. The zero-order valence-corrected chi connectivity index (χ0v) is 13.7. The summed E-state index contributed by atoms with van der Waals surface area (Å²) in [5, 5.41) is 0. The quantitative estimate of drug-likeness (QED) is 0.794. The maximum absolute atomic E-state index is 12.5. The van der Waals surface area contributed by atoms with Crippen LogP contribution in [0.15, 0.2) is 65.6 Å². The van der Waals surface area contributed by atoms with Crippen LogP contribution in [0.1, 0.15) is 17.5 Å². The standard InChI is InChI=1S/C18H19NO3S/c1-15-9-11-18(12-10-15)23(21,22)19-17(8-5-13-20)14-16-6-3-2-4-7-16/h2-7,9-12,17,19H,8,14H2,1H3. The summed E-state index contributed by atoms with van der Waals surface area (Å²) < 4.78 is 27.6. The molecule has 4 nitrogen and oxygen atoms in total. The summed E-state index contributed by atoms with van der Waals surface area (Å²) in [6.07, 6.45) is 2.11. The van der Waals surface area contributed by atoms with E-state index < -0.39 is 16.1 Å². The summed E-state index contributed by atoms with van der Waals surface area (Å²) in [5.74, 6) is 1.71. The third kappa shape index (κ3) is 5.18. The number of aryl methyl sites for hydroxylation is 1. The van der Waals surface area contributed by atoms with E-state index in [2.05, 4.69) is 4.72 Å². The average Bonchev–Trinajstić information content (AvgIpc) is 2.54. The van der Waals surface area contributed by atoms with Crippen molar-refractivity contribution < 1.29 is 13.2 Å². The largest absolute Gasteiger partial charge is 0.240 e. The summed E-state index contributed by atoms with van der Waals surface area (Å²) in [6.45, 7) is 1.90. The Hall–Kier alpha value is -2.20. The smallest absolute Gasteiger partial charge is 0.234 e. The Morgan fingerprint density at radius 3 is 2.35 bits per heavy atom. The van der Waals surface area contributed by atoms with Gasteiger partial charge in [-0.3, -0.25) is 0 Å². The number of nitrogens with one attached hydrogen (secondary N) is 1. The van der Waals surface area contributed by atoms with Gasteiger partial charge in [-0.25, -0.2) is 17.9 Å². The van der Waals surface area contributed by atoms with Crippen LogP contribution in [-0.4, -0.2) is 20.4 Å². The molecule has 0 aromatic heterocycles. The van der Waals surface area contributed by atoms with Gasteiger partial charge in [0, 0.05) is 12.1 Å². The number of sulfonamides is 1. The molecule has 0 aliphatic rings. The van der Waals surface area contributed by atoms with Gasteiger partial charge in [0.2, 0.25) is 10.0 Å². The van der Waals surface area contributed by atoms with Crippen LogP contribution in [0.2, 0.25) is 0 Å². The molecular weight excluding hydrogens is 310 g/mol. The molecule has 0 aliphatic carbocycles. The van der Waals surface area contributed by atoms with Crippen LogP contribution in [0.3, 0.4) is 0 Å². The van der Waals surface area contributed by atoms with E-state index in [0.717, 1.165) is 11.1 Å². The zero-order valence-electron chi connectivity index (χ0n) is 12.9. The lowest BCUT2D eigenvalue weighted by molar-refractivity contribution is 0.543. The third-order valence-electron chi connectivity index (χ3n) is 3.46. The predicted molar refractivity (Wildman–Crippen MR) is 90.3 cm³/mol. The van der Waals surface area contributed by atoms with Crippen LogP contribution in [0, 0.1) is 6.92 Å². The molecule has 0 fully saturated rings. The van der Waals surface area contributed by atoms with Crippen molar-refractivity contribution in [1.29, 1.82) is 0 Å². The highest BCUT2D eigenvalue weighted by molar-refractivity contribution is 7.89. The van der Waals surface area contributed by atoms with Gasteiger partial charge in [0.25, 0.3) is 0 Å². The van der Waals surface area contributed by atoms with Gasteiger partial charge in [0.15, 0.2) is 0 Å². The molecule has 0 heterocycles. The first-order chi connectivity index (χ1) is 11.0. The SMILES string of the molecule is Cc1ccc(S(=O)(=O)NC(CC=C=O)Cc2ccccc2)cc1. The summed E-state index contributed by atoms with van der Waals surface area (Å²) in [4.78, 5) is 10.7. The monoisotopic (exact) mass is 329 g/mol. The van der Waals surface area contributed by atoms with Gasteiger partial charge in [-0.05, 0) is 37.5 Å². The maximum Gasteiger partial charge on any atom is 0.240 e. The summed E-state index contributed by atoms with van der Waals surface area (Å²) in [6, 6.07) is 15.8. The van der Waals surface area contributed by atoms with Gasteiger partial charge in [0.1, 0.15) is 5.94 Å². The lowest BCUT2D eigenvalue weighted by Crippen LogP contribution is -2.36. The van der Waals surface area contributed by atoms with Crippen LogP contribution >= 0.6 is 0 Å². The lowest BCUT2D eigenvalue weighted by Gasteiger charge is -2.17. The van der Waals surface area contributed by atoms with Gasteiger partial charge in [0.05, 0.1) is 4.90 Å². The number of rotatable bonds is 7. The van der Waals surface area contributed by atoms with E-state index in [4.69, 9.17) is 0 Å². The van der Waals surface area contributed by atoms with E-state index in [-0.39, 0.29) is 4.90 Å². The van der Waals surface area contributed by atoms with Crippen LogP contribution in [-0.2, 0) is 21.2 Å². The normalized spacial score (nSPS) is 12.4. The molecule has 0 saturated carbocycles. The Balaban J connectivity index is 2.19. The fraction of sp³-hybridized carbons (Fsp3) is 0.222. The van der Waals surface area contributed by atoms with Gasteiger partial charge in [-0.2, -0.15) is 0 Å². The molecule has 23 heavy (non-hydrogen) atoms. The van der Waals surface area contributed by atoms with Crippen molar-refractivity contribution in [2.75, 3.05) is 0 Å². The van der Waals surface area contributed by atoms with Crippen molar-refractivity contribution >= 4 is 16.0 Å². The molecule has 2 rings (SSSR count). The third-order valence-corrected chi connectivity index (χ3v) is 5.00. The van der Waals surface area contributed by atoms with E-state index in [1.54, 1.807) is 30.2 Å². The molecule has 0 saturated heterocycles. The molecule has 0 bridgehead atoms. The molecule has 5 heteroatoms. The average molecular weight is 329 g/mol. The minimum Gasteiger partial charge on any atom is -0.234 e. The van der Waals surface area contributed by atoms with Crippen molar-refractivity contribution in [2.45, 2.75) is 30.7 Å². The van der Waals surface area contributed by atoms with Crippen molar-refractivity contribution in [3.8, 4) is 0 Å².